The third-order valence-corrected chi connectivity index (χ3v) is 4.09. The zero-order chi connectivity index (χ0) is 12.4. The third kappa shape index (κ3) is 2.98. The van der Waals surface area contributed by atoms with E-state index in [1.54, 1.807) is 0 Å². The van der Waals surface area contributed by atoms with Gasteiger partial charge < -0.3 is 5.73 Å². The number of nitrogens with zero attached hydrogens (tertiary/aromatic N) is 1. The van der Waals surface area contributed by atoms with Crippen molar-refractivity contribution in [1.29, 1.82) is 0 Å². The van der Waals surface area contributed by atoms with E-state index < -0.39 is 0 Å². The van der Waals surface area contributed by atoms with Crippen molar-refractivity contribution in [3.05, 3.63) is 0 Å². The van der Waals surface area contributed by atoms with E-state index in [-0.39, 0.29) is 5.54 Å². The molecular formula is C14H30N2. The highest BCUT2D eigenvalue weighted by Crippen LogP contribution is 2.46. The Balaban J connectivity index is 2.78. The molecule has 0 radical (unpaired) electrons. The first-order valence-corrected chi connectivity index (χ1v) is 6.80. The quantitative estimate of drug-likeness (QED) is 0.781. The van der Waals surface area contributed by atoms with Gasteiger partial charge in [0.1, 0.15) is 0 Å². The van der Waals surface area contributed by atoms with E-state index in [0.29, 0.717) is 5.41 Å². The Kier molecular flexibility index (Phi) is 4.42. The number of nitrogens with two attached hydrogens (primary N) is 1. The molecule has 0 heterocycles. The molecular weight excluding hydrogens is 196 g/mol. The van der Waals surface area contributed by atoms with Crippen LogP contribution in [-0.4, -0.2) is 30.1 Å². The number of hydrogen-bond donors (Lipinski definition) is 1. The second kappa shape index (κ2) is 5.05. The fourth-order valence-corrected chi connectivity index (χ4v) is 3.31. The molecule has 2 N–H and O–H groups in total. The highest BCUT2D eigenvalue weighted by Gasteiger charge is 2.45. The summed E-state index contributed by atoms with van der Waals surface area (Å²) < 4.78 is 0. The molecule has 0 aliphatic heterocycles. The number of likely N-dealkylation sites (N-methyl/N-ethyl adjacent to an activating group) is 1. The first-order chi connectivity index (χ1) is 7.35. The smallest absolute Gasteiger partial charge is 0.0337 e. The molecule has 1 rings (SSSR count). The second-order valence-corrected chi connectivity index (χ2v) is 6.70. The lowest BCUT2D eigenvalue weighted by Crippen LogP contribution is -2.53. The largest absolute Gasteiger partial charge is 0.329 e. The highest BCUT2D eigenvalue weighted by molar-refractivity contribution is 5.02. The molecule has 0 saturated heterocycles. The van der Waals surface area contributed by atoms with Crippen LogP contribution in [0.3, 0.4) is 0 Å². The monoisotopic (exact) mass is 226 g/mol. The van der Waals surface area contributed by atoms with E-state index >= 15 is 0 Å². The molecule has 1 unspecified atom stereocenters. The zero-order valence-electron chi connectivity index (χ0n) is 11.8. The van der Waals surface area contributed by atoms with Crippen LogP contribution in [0, 0.1) is 11.3 Å². The topological polar surface area (TPSA) is 29.3 Å². The van der Waals surface area contributed by atoms with E-state index in [9.17, 15) is 0 Å². The summed E-state index contributed by atoms with van der Waals surface area (Å²) in [6.45, 7) is 14.8. The molecule has 2 heteroatoms. The van der Waals surface area contributed by atoms with E-state index in [0.717, 1.165) is 19.0 Å². The molecule has 1 aliphatic rings. The van der Waals surface area contributed by atoms with Crippen LogP contribution in [0.2, 0.25) is 0 Å². The molecule has 1 aliphatic carbocycles. The summed E-state index contributed by atoms with van der Waals surface area (Å²) in [6, 6.07) is 0. The first-order valence-electron chi connectivity index (χ1n) is 6.80. The van der Waals surface area contributed by atoms with Crippen molar-refractivity contribution in [1.82, 2.24) is 4.90 Å². The molecule has 0 aromatic carbocycles. The number of hydrogen-bond acceptors (Lipinski definition) is 2. The normalized spacial score (nSPS) is 29.2. The zero-order valence-corrected chi connectivity index (χ0v) is 11.8. The van der Waals surface area contributed by atoms with Crippen molar-refractivity contribution in [3.8, 4) is 0 Å². The summed E-state index contributed by atoms with van der Waals surface area (Å²) in [5.74, 6) is 0.729. The standard InChI is InChI=1S/C14H30N2/c1-6-16(9-12(2)3)14(11-15)8-7-13(4,5)10-14/h12H,6-11,15H2,1-5H3. The van der Waals surface area contributed by atoms with Gasteiger partial charge in [-0.2, -0.15) is 0 Å². The van der Waals surface area contributed by atoms with Crippen molar-refractivity contribution in [2.75, 3.05) is 19.6 Å². The molecule has 1 saturated carbocycles. The maximum atomic E-state index is 6.10. The fourth-order valence-electron chi connectivity index (χ4n) is 3.31. The summed E-state index contributed by atoms with van der Waals surface area (Å²) in [6.07, 6.45) is 3.85. The molecule has 0 bridgehead atoms. The summed E-state index contributed by atoms with van der Waals surface area (Å²) in [5, 5.41) is 0. The minimum atomic E-state index is 0.280. The van der Waals surface area contributed by atoms with Gasteiger partial charge in [0.25, 0.3) is 0 Å². The lowest BCUT2D eigenvalue weighted by molar-refractivity contribution is 0.0818. The van der Waals surface area contributed by atoms with Crippen molar-refractivity contribution >= 4 is 0 Å². The van der Waals surface area contributed by atoms with Gasteiger partial charge in [0.15, 0.2) is 0 Å². The van der Waals surface area contributed by atoms with Crippen LogP contribution in [-0.2, 0) is 0 Å². The highest BCUT2D eigenvalue weighted by atomic mass is 15.2. The van der Waals surface area contributed by atoms with E-state index in [2.05, 4.69) is 39.5 Å². The Bertz CT molecular complexity index is 223. The van der Waals surface area contributed by atoms with Gasteiger partial charge >= 0.3 is 0 Å². The van der Waals surface area contributed by atoms with Crippen LogP contribution in [0.1, 0.15) is 53.9 Å². The average Bonchev–Trinajstić information content (AvgIpc) is 2.51. The molecule has 1 atom stereocenters. The Morgan fingerprint density at radius 2 is 1.88 bits per heavy atom. The Morgan fingerprint density at radius 1 is 1.25 bits per heavy atom. The molecule has 16 heavy (non-hydrogen) atoms. The van der Waals surface area contributed by atoms with E-state index in [1.165, 1.54) is 25.8 Å². The van der Waals surface area contributed by atoms with Crippen molar-refractivity contribution in [2.24, 2.45) is 17.1 Å². The minimum Gasteiger partial charge on any atom is -0.329 e. The second-order valence-electron chi connectivity index (χ2n) is 6.70. The van der Waals surface area contributed by atoms with Gasteiger partial charge in [-0.1, -0.05) is 34.6 Å². The summed E-state index contributed by atoms with van der Waals surface area (Å²) in [7, 11) is 0. The molecule has 0 amide bonds. The molecule has 96 valence electrons. The molecule has 2 nitrogen and oxygen atoms in total. The molecule has 0 aromatic heterocycles. The minimum absolute atomic E-state index is 0.280. The van der Waals surface area contributed by atoms with E-state index in [1.807, 2.05) is 0 Å². The predicted molar refractivity (Wildman–Crippen MR) is 71.5 cm³/mol. The van der Waals surface area contributed by atoms with Gasteiger partial charge in [0.05, 0.1) is 0 Å². The fraction of sp³-hybridized carbons (Fsp3) is 1.00. The van der Waals surface area contributed by atoms with Crippen molar-refractivity contribution in [2.45, 2.75) is 59.4 Å². The van der Waals surface area contributed by atoms with Crippen LogP contribution >= 0.6 is 0 Å². The Morgan fingerprint density at radius 3 is 2.19 bits per heavy atom. The summed E-state index contributed by atoms with van der Waals surface area (Å²) in [4.78, 5) is 2.63. The van der Waals surface area contributed by atoms with Crippen LogP contribution in [0.15, 0.2) is 0 Å². The molecule has 0 spiro atoms. The van der Waals surface area contributed by atoms with Gasteiger partial charge in [0, 0.05) is 18.6 Å². The predicted octanol–water partition coefficient (Wildman–Crippen LogP) is 2.87. The Hall–Kier alpha value is -0.0800. The lowest BCUT2D eigenvalue weighted by Gasteiger charge is -2.42. The third-order valence-electron chi connectivity index (χ3n) is 4.09. The first kappa shape index (κ1) is 14.0. The summed E-state index contributed by atoms with van der Waals surface area (Å²) >= 11 is 0. The van der Waals surface area contributed by atoms with Crippen LogP contribution in [0.5, 0.6) is 0 Å². The molecule has 1 fully saturated rings. The van der Waals surface area contributed by atoms with Crippen molar-refractivity contribution in [3.63, 3.8) is 0 Å². The van der Waals surface area contributed by atoms with E-state index in [4.69, 9.17) is 5.73 Å². The van der Waals surface area contributed by atoms with Gasteiger partial charge in [-0.15, -0.1) is 0 Å². The van der Waals surface area contributed by atoms with Gasteiger partial charge in [-0.05, 0) is 37.1 Å². The van der Waals surface area contributed by atoms with Crippen LogP contribution < -0.4 is 5.73 Å². The van der Waals surface area contributed by atoms with Crippen LogP contribution in [0.4, 0.5) is 0 Å². The average molecular weight is 226 g/mol. The lowest BCUT2D eigenvalue weighted by atomic mass is 9.86. The summed E-state index contributed by atoms with van der Waals surface area (Å²) in [5.41, 5.74) is 6.86. The Labute approximate surface area is 102 Å². The van der Waals surface area contributed by atoms with Crippen molar-refractivity contribution < 1.29 is 0 Å². The van der Waals surface area contributed by atoms with Gasteiger partial charge in [0.2, 0.25) is 0 Å². The SMILES string of the molecule is CCN(CC(C)C)C1(CN)CCC(C)(C)C1. The van der Waals surface area contributed by atoms with Gasteiger partial charge in [-0.3, -0.25) is 4.90 Å². The van der Waals surface area contributed by atoms with Crippen LogP contribution in [0.25, 0.3) is 0 Å². The maximum absolute atomic E-state index is 6.10. The maximum Gasteiger partial charge on any atom is 0.0337 e. The van der Waals surface area contributed by atoms with Gasteiger partial charge in [-0.25, -0.2) is 0 Å². The molecule has 0 aromatic rings. The number of rotatable bonds is 5.